The molecule has 11 heteroatoms. The maximum absolute atomic E-state index is 13.9. The van der Waals surface area contributed by atoms with Crippen molar-refractivity contribution in [1.29, 1.82) is 0 Å². The molecule has 0 radical (unpaired) electrons. The number of thioether (sulfide) groups is 1. The minimum atomic E-state index is -0.994. The second-order valence-electron chi connectivity index (χ2n) is 11.9. The van der Waals surface area contributed by atoms with Gasteiger partial charge in [-0.15, -0.1) is 10.2 Å². The van der Waals surface area contributed by atoms with Crippen LogP contribution in [0.15, 0.2) is 88.8 Å². The first-order valence-electron chi connectivity index (χ1n) is 16.3. The third-order valence-corrected chi connectivity index (χ3v) is 10.6. The summed E-state index contributed by atoms with van der Waals surface area (Å²) < 4.78 is 18.4. The molecule has 5 aromatic rings. The molecule has 49 heavy (non-hydrogen) atoms. The SMILES string of the molecule is CCCOc1ccc(C2C(=C(O)c3ccc4c(c3)CC(C)O4)C(=O)C(=O)N2c2nnc(SCc3cccc4ccccc34)s2)cc1OCC. The standard InChI is InChI=1S/C38H35N3O6S2/c1-4-17-46-30-16-13-24(20-31(30)45-5-2)33-32(34(42)25-14-15-29-27(19-25)18-22(3)47-29)35(43)36(44)41(33)37-39-40-38(49-37)48-21-26-11-8-10-23-9-6-7-12-28(23)26/h6-16,19-20,22,33,42H,4-5,17-18,21H2,1-3H3. The van der Waals surface area contributed by atoms with Crippen molar-refractivity contribution in [3.63, 3.8) is 0 Å². The first-order valence-corrected chi connectivity index (χ1v) is 18.1. The Kier molecular flexibility index (Phi) is 9.29. The molecule has 1 aromatic heterocycles. The van der Waals surface area contributed by atoms with Crippen LogP contribution in [0.2, 0.25) is 0 Å². The number of amides is 1. The molecule has 0 saturated carbocycles. The minimum absolute atomic E-state index is 0.00786. The van der Waals surface area contributed by atoms with Gasteiger partial charge in [0.1, 0.15) is 17.6 Å². The number of carbonyl (C=O) groups is 2. The molecule has 1 fully saturated rings. The monoisotopic (exact) mass is 693 g/mol. The van der Waals surface area contributed by atoms with Crippen molar-refractivity contribution in [3.05, 3.63) is 107 Å². The molecule has 4 aromatic carbocycles. The van der Waals surface area contributed by atoms with Crippen molar-refractivity contribution in [1.82, 2.24) is 10.2 Å². The van der Waals surface area contributed by atoms with E-state index in [1.54, 1.807) is 30.3 Å². The second kappa shape index (κ2) is 13.9. The average molecular weight is 694 g/mol. The van der Waals surface area contributed by atoms with Gasteiger partial charge in [0.05, 0.1) is 24.8 Å². The van der Waals surface area contributed by atoms with Crippen LogP contribution in [0.3, 0.4) is 0 Å². The largest absolute Gasteiger partial charge is 0.507 e. The van der Waals surface area contributed by atoms with Gasteiger partial charge in [0.15, 0.2) is 15.8 Å². The van der Waals surface area contributed by atoms with Crippen molar-refractivity contribution in [2.75, 3.05) is 18.1 Å². The molecule has 1 N–H and O–H groups in total. The first kappa shape index (κ1) is 32.7. The van der Waals surface area contributed by atoms with Crippen LogP contribution in [0.1, 0.15) is 55.5 Å². The van der Waals surface area contributed by atoms with E-state index in [0.29, 0.717) is 52.4 Å². The summed E-state index contributed by atoms with van der Waals surface area (Å²) in [6.45, 7) is 6.76. The Morgan fingerprint density at radius 3 is 2.67 bits per heavy atom. The van der Waals surface area contributed by atoms with Crippen LogP contribution < -0.4 is 19.1 Å². The lowest BCUT2D eigenvalue weighted by Crippen LogP contribution is -2.29. The van der Waals surface area contributed by atoms with E-state index >= 15 is 0 Å². The smallest absolute Gasteiger partial charge is 0.301 e. The lowest BCUT2D eigenvalue weighted by molar-refractivity contribution is -0.132. The number of fused-ring (bicyclic) bond motifs is 2. The van der Waals surface area contributed by atoms with Gasteiger partial charge in [-0.3, -0.25) is 14.5 Å². The third-order valence-electron chi connectivity index (χ3n) is 8.49. The number of Topliss-reactive ketones (excluding diaryl/α,β-unsaturated/α-hetero) is 1. The van der Waals surface area contributed by atoms with Crippen LogP contribution in [0, 0.1) is 0 Å². The zero-order valence-corrected chi connectivity index (χ0v) is 29.0. The minimum Gasteiger partial charge on any atom is -0.507 e. The summed E-state index contributed by atoms with van der Waals surface area (Å²) in [5.74, 6) is 0.551. The molecule has 1 saturated heterocycles. The van der Waals surface area contributed by atoms with E-state index in [4.69, 9.17) is 14.2 Å². The molecule has 2 aliphatic heterocycles. The van der Waals surface area contributed by atoms with Gasteiger partial charge in [0.2, 0.25) is 5.13 Å². The van der Waals surface area contributed by atoms with Gasteiger partial charge in [-0.2, -0.15) is 0 Å². The Morgan fingerprint density at radius 1 is 1.00 bits per heavy atom. The summed E-state index contributed by atoms with van der Waals surface area (Å²) in [4.78, 5) is 29.1. The van der Waals surface area contributed by atoms with E-state index in [0.717, 1.165) is 34.1 Å². The molecule has 0 bridgehead atoms. The number of aromatic nitrogens is 2. The predicted molar refractivity (Wildman–Crippen MR) is 192 cm³/mol. The molecular formula is C38H35N3O6S2. The van der Waals surface area contributed by atoms with E-state index in [-0.39, 0.29) is 22.6 Å². The highest BCUT2D eigenvalue weighted by Gasteiger charge is 2.48. The molecule has 9 nitrogen and oxygen atoms in total. The number of aliphatic hydroxyl groups is 1. The Hall–Kier alpha value is -4.87. The van der Waals surface area contributed by atoms with Gasteiger partial charge in [-0.1, -0.05) is 78.6 Å². The molecule has 250 valence electrons. The Bertz CT molecular complexity index is 2090. The first-order chi connectivity index (χ1) is 23.9. The molecule has 7 rings (SSSR count). The highest BCUT2D eigenvalue weighted by molar-refractivity contribution is 8.00. The van der Waals surface area contributed by atoms with Crippen molar-refractivity contribution >= 4 is 56.5 Å². The molecule has 2 aliphatic rings. The van der Waals surface area contributed by atoms with Crippen molar-refractivity contribution < 1.29 is 28.9 Å². The topological polar surface area (TPSA) is 111 Å². The summed E-state index contributed by atoms with van der Waals surface area (Å²) in [5, 5.41) is 23.2. The fraction of sp³-hybridized carbons (Fsp3) is 0.263. The fourth-order valence-electron chi connectivity index (χ4n) is 6.28. The number of benzene rings is 4. The number of aliphatic hydroxyl groups excluding tert-OH is 1. The highest BCUT2D eigenvalue weighted by atomic mass is 32.2. The number of rotatable bonds is 11. The van der Waals surface area contributed by atoms with Crippen LogP contribution in [0.4, 0.5) is 5.13 Å². The van der Waals surface area contributed by atoms with Crippen molar-refractivity contribution in [3.8, 4) is 17.2 Å². The van der Waals surface area contributed by atoms with Crippen LogP contribution in [0.25, 0.3) is 16.5 Å². The van der Waals surface area contributed by atoms with E-state index in [1.807, 2.05) is 45.0 Å². The van der Waals surface area contributed by atoms with Gasteiger partial charge >= 0.3 is 5.91 Å². The van der Waals surface area contributed by atoms with Crippen molar-refractivity contribution in [2.24, 2.45) is 0 Å². The Balaban J connectivity index is 1.28. The molecular weight excluding hydrogens is 659 g/mol. The Morgan fingerprint density at radius 2 is 1.84 bits per heavy atom. The summed E-state index contributed by atoms with van der Waals surface area (Å²) in [6, 6.07) is 24.1. The number of nitrogens with zero attached hydrogens (tertiary/aromatic N) is 3. The maximum atomic E-state index is 13.9. The van der Waals surface area contributed by atoms with Crippen LogP contribution >= 0.6 is 23.1 Å². The van der Waals surface area contributed by atoms with Crippen LogP contribution in [-0.2, 0) is 21.8 Å². The summed E-state index contributed by atoms with van der Waals surface area (Å²) in [5.41, 5.74) is 3.03. The molecule has 2 atom stereocenters. The zero-order chi connectivity index (χ0) is 34.1. The number of carbonyl (C=O) groups excluding carboxylic acids is 2. The predicted octanol–water partition coefficient (Wildman–Crippen LogP) is 8.12. The summed E-state index contributed by atoms with van der Waals surface area (Å²) in [6.07, 6.45) is 1.50. The van der Waals surface area contributed by atoms with Crippen LogP contribution in [0.5, 0.6) is 17.2 Å². The zero-order valence-electron chi connectivity index (χ0n) is 27.3. The number of hydrogen-bond donors (Lipinski definition) is 1. The Labute approximate surface area is 292 Å². The molecule has 1 amide bonds. The van der Waals surface area contributed by atoms with Crippen LogP contribution in [-0.4, -0.2) is 46.3 Å². The van der Waals surface area contributed by atoms with E-state index in [9.17, 15) is 14.7 Å². The lowest BCUT2D eigenvalue weighted by atomic mass is 9.94. The average Bonchev–Trinajstić information content (AvgIpc) is 3.81. The lowest BCUT2D eigenvalue weighted by Gasteiger charge is -2.23. The number of anilines is 1. The molecule has 0 aliphatic carbocycles. The number of ketones is 1. The molecule has 3 heterocycles. The van der Waals surface area contributed by atoms with Gasteiger partial charge in [0.25, 0.3) is 5.78 Å². The summed E-state index contributed by atoms with van der Waals surface area (Å²) in [7, 11) is 0. The highest BCUT2D eigenvalue weighted by Crippen LogP contribution is 2.46. The van der Waals surface area contributed by atoms with Gasteiger partial charge in [-0.05, 0) is 78.1 Å². The second-order valence-corrected chi connectivity index (χ2v) is 14.1. The number of hydrogen-bond acceptors (Lipinski definition) is 10. The molecule has 2 unspecified atom stereocenters. The molecule has 0 spiro atoms. The van der Waals surface area contributed by atoms with E-state index in [1.165, 1.54) is 28.0 Å². The third kappa shape index (κ3) is 6.36. The fourth-order valence-corrected chi connectivity index (χ4v) is 8.15. The van der Waals surface area contributed by atoms with E-state index < -0.39 is 17.7 Å². The maximum Gasteiger partial charge on any atom is 0.301 e. The number of ether oxygens (including phenoxy) is 3. The van der Waals surface area contributed by atoms with Gasteiger partial charge in [-0.25, -0.2) is 0 Å². The normalized spacial score (nSPS) is 18.1. The summed E-state index contributed by atoms with van der Waals surface area (Å²) >= 11 is 2.74. The quantitative estimate of drug-likeness (QED) is 0.0482. The van der Waals surface area contributed by atoms with E-state index in [2.05, 4.69) is 34.5 Å². The van der Waals surface area contributed by atoms with Gasteiger partial charge in [0, 0.05) is 17.7 Å². The van der Waals surface area contributed by atoms with Crippen molar-refractivity contribution in [2.45, 2.75) is 55.9 Å². The van der Waals surface area contributed by atoms with Gasteiger partial charge < -0.3 is 19.3 Å².